The number of aromatic nitrogens is 3. The lowest BCUT2D eigenvalue weighted by Gasteiger charge is -2.34. The van der Waals surface area contributed by atoms with Crippen LogP contribution in [0.5, 0.6) is 0 Å². The number of piperazine rings is 1. The van der Waals surface area contributed by atoms with Crippen LogP contribution in [-0.2, 0) is 16.6 Å². The first kappa shape index (κ1) is 26.5. The molecule has 10 nitrogen and oxygen atoms in total. The highest BCUT2D eigenvalue weighted by atomic mass is 32.2. The van der Waals surface area contributed by atoms with E-state index in [-0.39, 0.29) is 10.8 Å². The van der Waals surface area contributed by atoms with Crippen molar-refractivity contribution in [3.8, 4) is 11.1 Å². The third-order valence-electron chi connectivity index (χ3n) is 7.21. The topological polar surface area (TPSA) is 137 Å². The van der Waals surface area contributed by atoms with Gasteiger partial charge in [-0.05, 0) is 48.5 Å². The molecule has 3 heterocycles. The summed E-state index contributed by atoms with van der Waals surface area (Å²) in [5.41, 5.74) is 10.2. The molecular formula is C30H29N7O3S. The number of hydrogen-bond donors (Lipinski definition) is 3. The molecule has 0 spiro atoms. The molecule has 0 saturated carbocycles. The highest BCUT2D eigenvalue weighted by Gasteiger charge is 2.24. The zero-order chi connectivity index (χ0) is 28.4. The largest absolute Gasteiger partial charge is 0.399 e. The number of carbonyl (C=O) groups is 1. The van der Waals surface area contributed by atoms with Gasteiger partial charge in [0.15, 0.2) is 0 Å². The molecule has 0 radical (unpaired) electrons. The maximum absolute atomic E-state index is 13.6. The van der Waals surface area contributed by atoms with Crippen LogP contribution >= 0.6 is 0 Å². The van der Waals surface area contributed by atoms with Gasteiger partial charge >= 0.3 is 0 Å². The van der Waals surface area contributed by atoms with Crippen molar-refractivity contribution in [3.05, 3.63) is 103 Å². The molecule has 0 atom stereocenters. The van der Waals surface area contributed by atoms with Crippen molar-refractivity contribution in [3.63, 3.8) is 0 Å². The minimum absolute atomic E-state index is 0.0788. The Morgan fingerprint density at radius 1 is 0.951 bits per heavy atom. The summed E-state index contributed by atoms with van der Waals surface area (Å²) in [4.78, 5) is 28.9. The minimum Gasteiger partial charge on any atom is -0.399 e. The fourth-order valence-corrected chi connectivity index (χ4v) is 6.37. The number of para-hydroxylation sites is 1. The van der Waals surface area contributed by atoms with Gasteiger partial charge in [-0.2, -0.15) is 0 Å². The van der Waals surface area contributed by atoms with Gasteiger partial charge in [-0.25, -0.2) is 13.4 Å². The van der Waals surface area contributed by atoms with Gasteiger partial charge in [0.2, 0.25) is 0 Å². The molecule has 208 valence electrons. The van der Waals surface area contributed by atoms with E-state index in [1.807, 2.05) is 41.4 Å². The standard InChI is InChI=1S/C30H29N7O3S/c31-23-8-11-28(27(17-23)26-5-1-3-21-4-2-12-33-29(21)26)41(39,40)35-24-9-6-22(7-10-24)30(38)37-15-13-36(14-16-37)19-25-18-32-20-34-25/h1-12,17-18,20,35H,13-16,19,31H2,(H,32,34). The Kier molecular flexibility index (Phi) is 7.12. The van der Waals surface area contributed by atoms with Gasteiger partial charge < -0.3 is 15.6 Å². The molecule has 1 fully saturated rings. The number of amides is 1. The summed E-state index contributed by atoms with van der Waals surface area (Å²) in [6.07, 6.45) is 5.15. The number of nitrogens with two attached hydrogens (primary N) is 1. The Morgan fingerprint density at radius 2 is 1.73 bits per heavy atom. The maximum Gasteiger partial charge on any atom is 0.262 e. The third kappa shape index (κ3) is 5.63. The van der Waals surface area contributed by atoms with E-state index < -0.39 is 10.0 Å². The van der Waals surface area contributed by atoms with Crippen LogP contribution in [0.25, 0.3) is 22.0 Å². The van der Waals surface area contributed by atoms with Crippen molar-refractivity contribution >= 4 is 38.2 Å². The van der Waals surface area contributed by atoms with E-state index in [0.29, 0.717) is 46.7 Å². The molecule has 1 aliphatic rings. The molecular weight excluding hydrogens is 538 g/mol. The lowest BCUT2D eigenvalue weighted by Crippen LogP contribution is -2.48. The van der Waals surface area contributed by atoms with Crippen LogP contribution in [0.3, 0.4) is 0 Å². The van der Waals surface area contributed by atoms with Gasteiger partial charge in [0.05, 0.1) is 16.7 Å². The molecule has 4 N–H and O–H groups in total. The molecule has 0 unspecified atom stereocenters. The average molecular weight is 568 g/mol. The van der Waals surface area contributed by atoms with Gasteiger partial charge in [0, 0.05) is 84.3 Å². The monoisotopic (exact) mass is 567 g/mol. The Labute approximate surface area is 237 Å². The molecule has 0 aliphatic carbocycles. The quantitative estimate of drug-likeness (QED) is 0.253. The van der Waals surface area contributed by atoms with Crippen molar-refractivity contribution in [1.82, 2.24) is 24.8 Å². The normalized spacial score (nSPS) is 14.3. The summed E-state index contributed by atoms with van der Waals surface area (Å²) in [5.74, 6) is -0.0788. The lowest BCUT2D eigenvalue weighted by atomic mass is 10.0. The number of hydrogen-bond acceptors (Lipinski definition) is 7. The zero-order valence-electron chi connectivity index (χ0n) is 22.2. The number of rotatable bonds is 7. The summed E-state index contributed by atoms with van der Waals surface area (Å²) in [7, 11) is -4.00. The average Bonchev–Trinajstić information content (AvgIpc) is 3.50. The van der Waals surface area contributed by atoms with Gasteiger partial charge in [-0.15, -0.1) is 0 Å². The van der Waals surface area contributed by atoms with Crippen LogP contribution in [0.15, 0.2) is 96.4 Å². The van der Waals surface area contributed by atoms with E-state index in [0.717, 1.165) is 30.7 Å². The second-order valence-corrected chi connectivity index (χ2v) is 11.6. The fourth-order valence-electron chi connectivity index (χ4n) is 5.11. The fraction of sp³-hybridized carbons (Fsp3) is 0.167. The third-order valence-corrected chi connectivity index (χ3v) is 8.65. The molecule has 1 saturated heterocycles. The number of fused-ring (bicyclic) bond motifs is 1. The van der Waals surface area contributed by atoms with E-state index in [4.69, 9.17) is 5.73 Å². The molecule has 5 aromatic rings. The second-order valence-electron chi connectivity index (χ2n) is 9.96. The number of nitrogens with zero attached hydrogens (tertiary/aromatic N) is 4. The number of nitrogen functional groups attached to an aromatic ring is 1. The first-order valence-electron chi connectivity index (χ1n) is 13.2. The Hall–Kier alpha value is -4.74. The SMILES string of the molecule is Nc1ccc(S(=O)(=O)Nc2ccc(C(=O)N3CCN(Cc4cnc[nH]4)CC3)cc2)c(-c2cccc3cccnc23)c1. The molecule has 2 aromatic heterocycles. The number of sulfonamides is 1. The number of carbonyl (C=O) groups excluding carboxylic acids is 1. The molecule has 1 amide bonds. The lowest BCUT2D eigenvalue weighted by molar-refractivity contribution is 0.0627. The van der Waals surface area contributed by atoms with Gasteiger partial charge in [0.25, 0.3) is 15.9 Å². The number of pyridine rings is 1. The van der Waals surface area contributed by atoms with Crippen molar-refractivity contribution < 1.29 is 13.2 Å². The Balaban J connectivity index is 1.18. The van der Waals surface area contributed by atoms with Crippen LogP contribution < -0.4 is 10.5 Å². The van der Waals surface area contributed by atoms with E-state index in [1.54, 1.807) is 48.9 Å². The van der Waals surface area contributed by atoms with Crippen molar-refractivity contribution in [2.75, 3.05) is 36.6 Å². The maximum atomic E-state index is 13.6. The van der Waals surface area contributed by atoms with Crippen molar-refractivity contribution in [1.29, 1.82) is 0 Å². The minimum atomic E-state index is -4.00. The number of H-pyrrole nitrogens is 1. The molecule has 11 heteroatoms. The molecule has 1 aliphatic heterocycles. The summed E-state index contributed by atoms with van der Waals surface area (Å²) >= 11 is 0. The first-order valence-corrected chi connectivity index (χ1v) is 14.7. The first-order chi connectivity index (χ1) is 19.9. The van der Waals surface area contributed by atoms with Crippen molar-refractivity contribution in [2.45, 2.75) is 11.4 Å². The number of anilines is 2. The number of imidazole rings is 1. The van der Waals surface area contributed by atoms with Gasteiger partial charge in [0.1, 0.15) is 0 Å². The van der Waals surface area contributed by atoms with Crippen LogP contribution in [0.1, 0.15) is 16.1 Å². The number of benzene rings is 3. The molecule has 41 heavy (non-hydrogen) atoms. The second kappa shape index (κ2) is 11.0. The van der Waals surface area contributed by atoms with E-state index in [9.17, 15) is 13.2 Å². The van der Waals surface area contributed by atoms with Crippen LogP contribution in [0, 0.1) is 0 Å². The summed E-state index contributed by atoms with van der Waals surface area (Å²) in [6.45, 7) is 3.52. The predicted molar refractivity (Wildman–Crippen MR) is 159 cm³/mol. The zero-order valence-corrected chi connectivity index (χ0v) is 23.0. The van der Waals surface area contributed by atoms with Crippen LogP contribution in [0.2, 0.25) is 0 Å². The van der Waals surface area contributed by atoms with E-state index in [2.05, 4.69) is 24.6 Å². The summed E-state index contributed by atoms with van der Waals surface area (Å²) < 4.78 is 29.8. The number of nitrogens with one attached hydrogen (secondary N) is 2. The molecule has 6 rings (SSSR count). The predicted octanol–water partition coefficient (Wildman–Crippen LogP) is 3.97. The highest BCUT2D eigenvalue weighted by molar-refractivity contribution is 7.92. The molecule has 3 aromatic carbocycles. The smallest absolute Gasteiger partial charge is 0.262 e. The Bertz CT molecular complexity index is 1790. The number of aromatic amines is 1. The van der Waals surface area contributed by atoms with E-state index in [1.165, 1.54) is 6.07 Å². The summed E-state index contributed by atoms with van der Waals surface area (Å²) in [6, 6.07) is 20.6. The van der Waals surface area contributed by atoms with Crippen molar-refractivity contribution in [2.24, 2.45) is 0 Å². The van der Waals surface area contributed by atoms with Crippen LogP contribution in [0.4, 0.5) is 11.4 Å². The van der Waals surface area contributed by atoms with Crippen LogP contribution in [-0.4, -0.2) is 65.3 Å². The molecule has 0 bridgehead atoms. The summed E-state index contributed by atoms with van der Waals surface area (Å²) in [5, 5.41) is 0.892. The Morgan fingerprint density at radius 3 is 2.49 bits per heavy atom. The van der Waals surface area contributed by atoms with E-state index >= 15 is 0 Å². The van der Waals surface area contributed by atoms with Gasteiger partial charge in [-0.3, -0.25) is 19.4 Å². The van der Waals surface area contributed by atoms with Gasteiger partial charge in [-0.1, -0.05) is 24.3 Å². The highest BCUT2D eigenvalue weighted by Crippen LogP contribution is 2.34.